The van der Waals surface area contributed by atoms with Gasteiger partial charge < -0.3 is 5.11 Å². The lowest BCUT2D eigenvalue weighted by atomic mass is 9.81. The molecule has 4 heteroatoms. The monoisotopic (exact) mass is 356 g/mol. The molecule has 2 aliphatic rings. The molecule has 2 nitrogen and oxygen atoms in total. The lowest BCUT2D eigenvalue weighted by molar-refractivity contribution is -0.117. The van der Waals surface area contributed by atoms with E-state index in [9.17, 15) is 14.3 Å². The van der Waals surface area contributed by atoms with Gasteiger partial charge >= 0.3 is 0 Å². The Bertz CT molecular complexity index is 916. The van der Waals surface area contributed by atoms with Gasteiger partial charge in [0.15, 0.2) is 5.78 Å². The van der Waals surface area contributed by atoms with Crippen LogP contribution in [-0.2, 0) is 4.79 Å². The van der Waals surface area contributed by atoms with E-state index in [1.165, 1.54) is 6.07 Å². The van der Waals surface area contributed by atoms with Crippen molar-refractivity contribution in [3.8, 4) is 11.1 Å². The second-order valence-corrected chi connectivity index (χ2v) is 7.37. The van der Waals surface area contributed by atoms with Crippen LogP contribution in [0, 0.1) is 24.6 Å². The molecule has 0 aliphatic heterocycles. The van der Waals surface area contributed by atoms with Crippen LogP contribution in [0.2, 0.25) is 5.02 Å². The van der Waals surface area contributed by atoms with Gasteiger partial charge in [-0.15, -0.1) is 0 Å². The number of aliphatic hydroxyl groups excluding tert-OH is 1. The van der Waals surface area contributed by atoms with Gasteiger partial charge in [-0.25, -0.2) is 4.39 Å². The second kappa shape index (κ2) is 5.99. The third-order valence-corrected chi connectivity index (χ3v) is 5.75. The predicted octanol–water partition coefficient (Wildman–Crippen LogP) is 5.72. The molecule has 0 radical (unpaired) electrons. The molecule has 2 atom stereocenters. The minimum atomic E-state index is -0.479. The van der Waals surface area contributed by atoms with Gasteiger partial charge in [-0.1, -0.05) is 35.9 Å². The van der Waals surface area contributed by atoms with Crippen molar-refractivity contribution >= 4 is 23.0 Å². The Balaban J connectivity index is 1.88. The number of hydrogen-bond donors (Lipinski definition) is 1. The number of benzene rings is 2. The maximum atomic E-state index is 14.4. The molecule has 2 aliphatic carbocycles. The maximum Gasteiger partial charge on any atom is 0.169 e. The van der Waals surface area contributed by atoms with Crippen molar-refractivity contribution in [2.75, 3.05) is 0 Å². The average molecular weight is 357 g/mol. The van der Waals surface area contributed by atoms with E-state index in [1.54, 1.807) is 18.2 Å². The van der Waals surface area contributed by atoms with E-state index in [0.29, 0.717) is 22.3 Å². The Kier molecular flexibility index (Phi) is 3.92. The summed E-state index contributed by atoms with van der Waals surface area (Å²) in [5.74, 6) is -0.193. The van der Waals surface area contributed by atoms with Gasteiger partial charge in [0.2, 0.25) is 0 Å². The van der Waals surface area contributed by atoms with Crippen LogP contribution in [0.3, 0.4) is 0 Å². The number of rotatable bonds is 2. The van der Waals surface area contributed by atoms with Crippen LogP contribution in [0.5, 0.6) is 0 Å². The summed E-state index contributed by atoms with van der Waals surface area (Å²) in [6.07, 6.45) is 2.43. The van der Waals surface area contributed by atoms with Crippen LogP contribution in [0.15, 0.2) is 42.2 Å². The third-order valence-electron chi connectivity index (χ3n) is 5.46. The summed E-state index contributed by atoms with van der Waals surface area (Å²) >= 11 is 5.90. The highest BCUT2D eigenvalue weighted by Gasteiger charge is 2.41. The van der Waals surface area contributed by atoms with E-state index in [0.717, 1.165) is 24.8 Å². The van der Waals surface area contributed by atoms with Crippen LogP contribution in [0.1, 0.15) is 30.4 Å². The van der Waals surface area contributed by atoms with Crippen LogP contribution < -0.4 is 0 Å². The molecule has 0 heterocycles. The van der Waals surface area contributed by atoms with Crippen molar-refractivity contribution in [1.29, 1.82) is 0 Å². The minimum Gasteiger partial charge on any atom is -0.511 e. The lowest BCUT2D eigenvalue weighted by Crippen LogP contribution is -2.21. The highest BCUT2D eigenvalue weighted by Crippen LogP contribution is 2.46. The second-order valence-electron chi connectivity index (χ2n) is 6.96. The molecule has 128 valence electrons. The molecule has 4 rings (SSSR count). The largest absolute Gasteiger partial charge is 0.511 e. The molecule has 1 fully saturated rings. The van der Waals surface area contributed by atoms with E-state index < -0.39 is 5.82 Å². The van der Waals surface area contributed by atoms with E-state index in [4.69, 9.17) is 11.6 Å². The van der Waals surface area contributed by atoms with Crippen molar-refractivity contribution < 1.29 is 14.3 Å². The van der Waals surface area contributed by atoms with Gasteiger partial charge in [0.05, 0.1) is 10.6 Å². The van der Waals surface area contributed by atoms with Crippen molar-refractivity contribution in [3.05, 3.63) is 64.1 Å². The van der Waals surface area contributed by atoms with Crippen molar-refractivity contribution in [3.63, 3.8) is 0 Å². The summed E-state index contributed by atoms with van der Waals surface area (Å²) in [7, 11) is 0. The molecule has 0 saturated heterocycles. The number of carbonyl (C=O) groups excluding carboxylic acids is 1. The number of hydrogen-bond acceptors (Lipinski definition) is 2. The number of fused-ring (bicyclic) bond motifs is 2. The fraction of sp³-hybridized carbons (Fsp3) is 0.286. The quantitative estimate of drug-likeness (QED) is 0.746. The molecule has 2 aromatic carbocycles. The fourth-order valence-corrected chi connectivity index (χ4v) is 4.23. The Hall–Kier alpha value is -2.13. The number of Topliss-reactive ketones (excluding diaryl/α,β-unsaturated/α-hetero) is 1. The van der Waals surface area contributed by atoms with Gasteiger partial charge in [-0.3, -0.25) is 4.79 Å². The molecule has 1 saturated carbocycles. The lowest BCUT2D eigenvalue weighted by Gasteiger charge is -2.23. The number of halogens is 2. The summed E-state index contributed by atoms with van der Waals surface area (Å²) in [6.45, 7) is 1.90. The molecule has 2 bridgehead atoms. The number of aliphatic hydroxyl groups is 1. The van der Waals surface area contributed by atoms with Crippen molar-refractivity contribution in [1.82, 2.24) is 0 Å². The predicted molar refractivity (Wildman–Crippen MR) is 97.0 cm³/mol. The van der Waals surface area contributed by atoms with E-state index in [1.807, 2.05) is 19.1 Å². The standard InChI is InChI=1S/C21H18ClFO2/c1-11-5-6-12(15-3-2-4-17(22)19(15)23)10-16(11)18-20(24)13-7-8-14(9-13)21(18)25/h2-6,10,13-14,24H,7-9H2,1H3. The maximum absolute atomic E-state index is 14.4. The first kappa shape index (κ1) is 16.3. The van der Waals surface area contributed by atoms with Crippen LogP contribution in [-0.4, -0.2) is 10.9 Å². The number of ketones is 1. The zero-order valence-electron chi connectivity index (χ0n) is 13.9. The summed E-state index contributed by atoms with van der Waals surface area (Å²) in [5.41, 5.74) is 3.03. The molecular formula is C21H18ClFO2. The Morgan fingerprint density at radius 2 is 1.88 bits per heavy atom. The van der Waals surface area contributed by atoms with Gasteiger partial charge in [0.25, 0.3) is 0 Å². The third kappa shape index (κ3) is 2.58. The first-order chi connectivity index (χ1) is 12.0. The van der Waals surface area contributed by atoms with Gasteiger partial charge in [-0.2, -0.15) is 0 Å². The van der Waals surface area contributed by atoms with Crippen LogP contribution in [0.4, 0.5) is 4.39 Å². The molecule has 0 spiro atoms. The zero-order valence-corrected chi connectivity index (χ0v) is 14.6. The summed E-state index contributed by atoms with van der Waals surface area (Å²) in [5, 5.41) is 10.7. The first-order valence-corrected chi connectivity index (χ1v) is 8.88. The number of carbonyl (C=O) groups is 1. The first-order valence-electron chi connectivity index (χ1n) is 8.50. The Labute approximate surface area is 150 Å². The molecule has 0 amide bonds. The van der Waals surface area contributed by atoms with Crippen LogP contribution >= 0.6 is 11.6 Å². The average Bonchev–Trinajstić information content (AvgIpc) is 3.05. The van der Waals surface area contributed by atoms with E-state index >= 15 is 0 Å². The fourth-order valence-electron chi connectivity index (χ4n) is 4.06. The highest BCUT2D eigenvalue weighted by molar-refractivity contribution is 6.31. The van der Waals surface area contributed by atoms with Gasteiger partial charge in [0, 0.05) is 17.4 Å². The molecule has 0 aromatic heterocycles. The molecule has 2 unspecified atom stereocenters. The normalized spacial score (nSPS) is 22.6. The highest BCUT2D eigenvalue weighted by atomic mass is 35.5. The van der Waals surface area contributed by atoms with Gasteiger partial charge in [0.1, 0.15) is 11.6 Å². The Morgan fingerprint density at radius 1 is 1.12 bits per heavy atom. The van der Waals surface area contributed by atoms with Crippen LogP contribution in [0.25, 0.3) is 16.7 Å². The number of allylic oxidation sites excluding steroid dienone is 2. The Morgan fingerprint density at radius 3 is 2.68 bits per heavy atom. The van der Waals surface area contributed by atoms with Crippen molar-refractivity contribution in [2.24, 2.45) is 11.8 Å². The summed E-state index contributed by atoms with van der Waals surface area (Å²) in [6, 6.07) is 10.3. The SMILES string of the molecule is Cc1ccc(-c2cccc(Cl)c2F)cc1C1=C(O)C2CCC(C2)C1=O. The summed E-state index contributed by atoms with van der Waals surface area (Å²) in [4.78, 5) is 12.8. The zero-order chi connectivity index (χ0) is 17.7. The topological polar surface area (TPSA) is 37.3 Å². The summed E-state index contributed by atoms with van der Waals surface area (Å²) < 4.78 is 14.4. The van der Waals surface area contributed by atoms with E-state index in [2.05, 4.69) is 0 Å². The number of aryl methyl sites for hydroxylation is 1. The minimum absolute atomic E-state index is 0.00172. The molecular weight excluding hydrogens is 339 g/mol. The van der Waals surface area contributed by atoms with Crippen molar-refractivity contribution in [2.45, 2.75) is 26.2 Å². The molecule has 2 aromatic rings. The molecule has 1 N–H and O–H groups in total. The smallest absolute Gasteiger partial charge is 0.169 e. The van der Waals surface area contributed by atoms with Gasteiger partial charge in [-0.05, 0) is 55.0 Å². The molecule has 25 heavy (non-hydrogen) atoms. The van der Waals surface area contributed by atoms with E-state index in [-0.39, 0.29) is 28.4 Å².